The number of aliphatic hydroxyl groups is 1. The Bertz CT molecular complexity index is 161. The molecule has 0 aliphatic rings. The summed E-state index contributed by atoms with van der Waals surface area (Å²) in [5, 5.41) is 7.95. The summed E-state index contributed by atoms with van der Waals surface area (Å²) < 4.78 is 26.8. The Hall–Kier alpha value is 0.450. The molecule has 0 aromatic rings. The van der Waals surface area contributed by atoms with E-state index < -0.39 is 10.1 Å². The molecule has 0 saturated heterocycles. The minimum atomic E-state index is -4.10. The molecular formula is C2H5NaO4S. The Balaban J connectivity index is -0.000000180. The molecule has 0 heterocycles. The Labute approximate surface area is 70.7 Å². The van der Waals surface area contributed by atoms with E-state index in [0.29, 0.717) is 0 Å². The third kappa shape index (κ3) is 9.67. The quantitative estimate of drug-likeness (QED) is 0.236. The fraction of sp³-hybridized carbons (Fsp3) is 0. The van der Waals surface area contributed by atoms with E-state index in [0.717, 1.165) is 0 Å². The molecule has 0 aliphatic heterocycles. The molecule has 0 aromatic heterocycles. The first-order valence-corrected chi connectivity index (χ1v) is 2.85. The molecule has 0 atom stereocenters. The van der Waals surface area contributed by atoms with Gasteiger partial charge in [-0.3, -0.25) is 4.55 Å². The van der Waals surface area contributed by atoms with Crippen molar-refractivity contribution < 1.29 is 49.1 Å². The van der Waals surface area contributed by atoms with Crippen LogP contribution < -0.4 is 29.6 Å². The first-order chi connectivity index (χ1) is 3.06. The summed E-state index contributed by atoms with van der Waals surface area (Å²) in [6.07, 6.45) is 0.245. The van der Waals surface area contributed by atoms with Crippen LogP contribution in [0, 0.1) is 0 Å². The van der Waals surface area contributed by atoms with Gasteiger partial charge < -0.3 is 6.53 Å². The second-order valence-electron chi connectivity index (χ2n) is 0.800. The van der Waals surface area contributed by atoms with Crippen LogP contribution in [0.1, 0.15) is 1.43 Å². The Morgan fingerprint density at radius 3 is 1.88 bits per heavy atom. The van der Waals surface area contributed by atoms with Crippen LogP contribution in [0.4, 0.5) is 0 Å². The molecule has 0 spiro atoms. The molecule has 0 aromatic carbocycles. The number of aliphatic hydroxyl groups excluding tert-OH is 1. The van der Waals surface area contributed by atoms with Crippen molar-refractivity contribution in [2.75, 3.05) is 0 Å². The summed E-state index contributed by atoms with van der Waals surface area (Å²) in [5.74, 6) is 0. The molecule has 0 unspecified atom stereocenters. The van der Waals surface area contributed by atoms with Crippen molar-refractivity contribution in [1.82, 2.24) is 0 Å². The molecule has 0 saturated carbocycles. The van der Waals surface area contributed by atoms with E-state index in [9.17, 15) is 8.42 Å². The second-order valence-corrected chi connectivity index (χ2v) is 2.10. The van der Waals surface area contributed by atoms with E-state index in [2.05, 4.69) is 0 Å². The van der Waals surface area contributed by atoms with Crippen LogP contribution in [-0.2, 0) is 10.1 Å². The summed E-state index contributed by atoms with van der Waals surface area (Å²) in [5.41, 5.74) is 0. The monoisotopic (exact) mass is 148 g/mol. The van der Waals surface area contributed by atoms with E-state index in [1.165, 1.54) is 0 Å². The minimum Gasteiger partial charge on any atom is -1.00 e. The average Bonchev–Trinajstić information content (AvgIpc) is 1.30. The summed E-state index contributed by atoms with van der Waals surface area (Å²) in [7, 11) is -4.10. The van der Waals surface area contributed by atoms with Crippen LogP contribution >= 0.6 is 0 Å². The van der Waals surface area contributed by atoms with Crippen molar-refractivity contribution in [3.63, 3.8) is 0 Å². The van der Waals surface area contributed by atoms with Gasteiger partial charge in [-0.2, -0.15) is 8.42 Å². The number of rotatable bonds is 1. The fourth-order valence-electron chi connectivity index (χ4n) is 0.0769. The van der Waals surface area contributed by atoms with Gasteiger partial charge in [0.05, 0.1) is 11.7 Å². The van der Waals surface area contributed by atoms with Gasteiger partial charge in [0.2, 0.25) is 0 Å². The maximum Gasteiger partial charge on any atom is 1.00 e. The molecule has 0 aliphatic carbocycles. The van der Waals surface area contributed by atoms with E-state index in [1.54, 1.807) is 0 Å². The summed E-state index contributed by atoms with van der Waals surface area (Å²) >= 11 is 0. The van der Waals surface area contributed by atoms with Gasteiger partial charge in [-0.05, 0) is 0 Å². The molecule has 2 N–H and O–H groups in total. The van der Waals surface area contributed by atoms with Crippen molar-refractivity contribution in [1.29, 1.82) is 0 Å². The third-order valence-electron chi connectivity index (χ3n) is 0.233. The van der Waals surface area contributed by atoms with E-state index in [1.807, 2.05) is 0 Å². The summed E-state index contributed by atoms with van der Waals surface area (Å²) in [4.78, 5) is 0. The van der Waals surface area contributed by atoms with Gasteiger partial charge in [0.15, 0.2) is 0 Å². The predicted molar refractivity (Wildman–Crippen MR) is 24.4 cm³/mol. The summed E-state index contributed by atoms with van der Waals surface area (Å²) in [6.45, 7) is 0. The van der Waals surface area contributed by atoms with Crippen LogP contribution in [-0.4, -0.2) is 18.1 Å². The Morgan fingerprint density at radius 1 is 1.50 bits per heavy atom. The van der Waals surface area contributed by atoms with Crippen LogP contribution in [0.3, 0.4) is 0 Å². The molecule has 8 heavy (non-hydrogen) atoms. The smallest absolute Gasteiger partial charge is 1.00 e. The zero-order valence-electron chi connectivity index (χ0n) is 5.27. The molecule has 0 fully saturated rings. The molecule has 44 valence electrons. The van der Waals surface area contributed by atoms with Gasteiger partial charge >= 0.3 is 29.6 Å². The van der Waals surface area contributed by atoms with Gasteiger partial charge in [-0.1, -0.05) is 0 Å². The average molecular weight is 148 g/mol. The van der Waals surface area contributed by atoms with Crippen molar-refractivity contribution in [2.45, 2.75) is 0 Å². The zero-order chi connectivity index (χ0) is 5.91. The number of hydrogen-bond acceptors (Lipinski definition) is 3. The van der Waals surface area contributed by atoms with Crippen LogP contribution in [0.5, 0.6) is 0 Å². The molecule has 0 rings (SSSR count). The van der Waals surface area contributed by atoms with Crippen molar-refractivity contribution >= 4 is 10.1 Å². The van der Waals surface area contributed by atoms with Crippen molar-refractivity contribution in [3.8, 4) is 0 Å². The molecular weight excluding hydrogens is 143 g/mol. The van der Waals surface area contributed by atoms with E-state index in [4.69, 9.17) is 9.66 Å². The van der Waals surface area contributed by atoms with Crippen molar-refractivity contribution in [2.24, 2.45) is 0 Å². The zero-order valence-corrected chi connectivity index (χ0v) is 7.09. The van der Waals surface area contributed by atoms with Gasteiger partial charge in [0.1, 0.15) is 0 Å². The fourth-order valence-corrected chi connectivity index (χ4v) is 0.231. The number of hydrogen-bond donors (Lipinski definition) is 2. The Morgan fingerprint density at radius 2 is 1.88 bits per heavy atom. The molecule has 0 bridgehead atoms. The van der Waals surface area contributed by atoms with Crippen LogP contribution in [0.2, 0.25) is 0 Å². The predicted octanol–water partition coefficient (Wildman–Crippen LogP) is -2.98. The first-order valence-electron chi connectivity index (χ1n) is 1.34. The normalized spacial score (nSPS) is 11.1. The SMILES string of the molecule is O=S(=O)(O)C=CO.[H-].[Na+]. The van der Waals surface area contributed by atoms with Crippen LogP contribution in [0.25, 0.3) is 0 Å². The van der Waals surface area contributed by atoms with Crippen LogP contribution in [0.15, 0.2) is 11.7 Å². The molecule has 4 nitrogen and oxygen atoms in total. The van der Waals surface area contributed by atoms with E-state index in [-0.39, 0.29) is 42.7 Å². The molecule has 0 radical (unpaired) electrons. The van der Waals surface area contributed by atoms with E-state index >= 15 is 0 Å². The maximum atomic E-state index is 9.54. The first kappa shape index (κ1) is 11.3. The second kappa shape index (κ2) is 4.34. The van der Waals surface area contributed by atoms with Gasteiger partial charge in [-0.15, -0.1) is 0 Å². The van der Waals surface area contributed by atoms with Crippen molar-refractivity contribution in [3.05, 3.63) is 11.7 Å². The molecule has 6 heteroatoms. The minimum absolute atomic E-state index is 0. The largest absolute Gasteiger partial charge is 1.00 e. The van der Waals surface area contributed by atoms with Gasteiger partial charge in [0, 0.05) is 0 Å². The standard InChI is InChI=1S/C2H4O4S.Na.H/c3-1-2-7(4,5)6;;/h1-3H,(H,4,5,6);;/q;+1;-1. The third-order valence-corrected chi connectivity index (χ3v) is 0.698. The topological polar surface area (TPSA) is 74.6 Å². The Kier molecular flexibility index (Phi) is 6.12. The molecule has 0 amide bonds. The van der Waals surface area contributed by atoms with Gasteiger partial charge in [-0.25, -0.2) is 0 Å². The maximum absolute atomic E-state index is 9.54. The summed E-state index contributed by atoms with van der Waals surface area (Å²) in [6, 6.07) is 0. The van der Waals surface area contributed by atoms with Gasteiger partial charge in [0.25, 0.3) is 10.1 Å².